The quantitative estimate of drug-likeness (QED) is 0.326. The molecule has 1 atom stereocenters. The summed E-state index contributed by atoms with van der Waals surface area (Å²) in [4.78, 5) is 4.47. The second-order valence-corrected chi connectivity index (χ2v) is 7.42. The number of nitrogens with zero attached hydrogens (tertiary/aromatic N) is 2. The highest BCUT2D eigenvalue weighted by atomic mass is 35.5. The number of halogens is 4. The van der Waals surface area contributed by atoms with Gasteiger partial charge in [-0.15, -0.1) is 11.3 Å². The lowest BCUT2D eigenvalue weighted by atomic mass is 10.1. The average Bonchev–Trinajstić information content (AvgIpc) is 3.20. The van der Waals surface area contributed by atoms with Crippen LogP contribution in [-0.2, 0) is 0 Å². The van der Waals surface area contributed by atoms with Crippen molar-refractivity contribution in [2.75, 3.05) is 5.32 Å². The maximum Gasteiger partial charge on any atom is 0.444 e. The van der Waals surface area contributed by atoms with Crippen LogP contribution in [0.15, 0.2) is 60.1 Å². The molecule has 3 aromatic rings. The van der Waals surface area contributed by atoms with Crippen LogP contribution in [0.1, 0.15) is 10.6 Å². The predicted molar refractivity (Wildman–Crippen MR) is 112 cm³/mol. The molecule has 1 heterocycles. The number of thiazole rings is 1. The Kier molecular flexibility index (Phi) is 6.65. The first-order valence-electron chi connectivity index (χ1n) is 8.64. The predicted octanol–water partition coefficient (Wildman–Crippen LogP) is 6.60. The van der Waals surface area contributed by atoms with Gasteiger partial charge in [0.1, 0.15) is 22.4 Å². The van der Waals surface area contributed by atoms with Crippen LogP contribution in [0.4, 0.5) is 18.9 Å². The van der Waals surface area contributed by atoms with E-state index in [9.17, 15) is 18.4 Å². The third-order valence-electron chi connectivity index (χ3n) is 3.96. The van der Waals surface area contributed by atoms with Crippen molar-refractivity contribution >= 4 is 34.2 Å². The summed E-state index contributed by atoms with van der Waals surface area (Å²) in [6.45, 7) is 1.98. The Morgan fingerprint density at radius 2 is 1.97 bits per heavy atom. The number of hydrogen-bond donors (Lipinski definition) is 1. The fourth-order valence-electron chi connectivity index (χ4n) is 2.41. The third-order valence-corrected chi connectivity index (χ3v) is 5.09. The van der Waals surface area contributed by atoms with E-state index in [-0.39, 0.29) is 17.0 Å². The second kappa shape index (κ2) is 9.20. The van der Waals surface area contributed by atoms with Crippen molar-refractivity contribution in [3.63, 3.8) is 0 Å². The molecule has 0 saturated carbocycles. The Bertz CT molecular complexity index is 1090. The van der Waals surface area contributed by atoms with E-state index < -0.39 is 11.7 Å². The Balaban J connectivity index is 1.82. The number of hydrogen-bond acceptors (Lipinski definition) is 5. The van der Waals surface area contributed by atoms with E-state index in [1.165, 1.54) is 35.7 Å². The number of para-hydroxylation sites is 2. The fourth-order valence-corrected chi connectivity index (χ4v) is 3.25. The first-order chi connectivity index (χ1) is 14.3. The van der Waals surface area contributed by atoms with E-state index in [4.69, 9.17) is 11.6 Å². The number of allylic oxidation sites excluding steroid dienone is 1. The zero-order valence-corrected chi connectivity index (χ0v) is 17.1. The standard InChI is InChI=1S/C21H15ClF3N3OS/c1-13-6-8-14(9-7-13)17-12-30-19(28-17)15(10-26)11-27-16-4-2-3-5-18(16)29-21(24,25)20(22)23/h2-9,11-12,20,27H,1H3/b15-11+/t20-/m1/s1. The van der Waals surface area contributed by atoms with Gasteiger partial charge in [-0.2, -0.15) is 14.0 Å². The molecule has 0 spiro atoms. The molecule has 0 aliphatic rings. The van der Waals surface area contributed by atoms with E-state index in [0.717, 1.165) is 16.8 Å². The van der Waals surface area contributed by atoms with Gasteiger partial charge >= 0.3 is 6.11 Å². The molecule has 9 heteroatoms. The minimum absolute atomic E-state index is 0.109. The molecule has 0 radical (unpaired) electrons. The van der Waals surface area contributed by atoms with Crippen LogP contribution in [0.3, 0.4) is 0 Å². The van der Waals surface area contributed by atoms with Crippen LogP contribution in [-0.4, -0.2) is 16.7 Å². The Hall–Kier alpha value is -3.02. The highest BCUT2D eigenvalue weighted by molar-refractivity contribution is 7.11. The van der Waals surface area contributed by atoms with Crippen LogP contribution in [0.25, 0.3) is 16.8 Å². The zero-order chi connectivity index (χ0) is 21.7. The molecule has 1 N–H and O–H groups in total. The molecule has 3 rings (SSSR count). The van der Waals surface area contributed by atoms with Crippen molar-refractivity contribution < 1.29 is 17.9 Å². The van der Waals surface area contributed by atoms with Crippen molar-refractivity contribution in [1.82, 2.24) is 4.98 Å². The summed E-state index contributed by atoms with van der Waals surface area (Å²) in [5, 5.41) is 14.5. The fraction of sp³-hybridized carbons (Fsp3) is 0.143. The molecule has 2 aromatic carbocycles. The van der Waals surface area contributed by atoms with Gasteiger partial charge in [-0.05, 0) is 19.1 Å². The van der Waals surface area contributed by atoms with Crippen LogP contribution < -0.4 is 10.1 Å². The van der Waals surface area contributed by atoms with E-state index in [0.29, 0.717) is 5.01 Å². The van der Waals surface area contributed by atoms with Crippen molar-refractivity contribution in [2.24, 2.45) is 0 Å². The smallest absolute Gasteiger partial charge is 0.427 e. The summed E-state index contributed by atoms with van der Waals surface area (Å²) in [5.74, 6) is -0.321. The normalized spacial score (nSPS) is 12.9. The molecule has 0 unspecified atom stereocenters. The number of ether oxygens (including phenoxy) is 1. The van der Waals surface area contributed by atoms with Gasteiger partial charge in [0.15, 0.2) is 0 Å². The average molecular weight is 450 g/mol. The molecule has 0 fully saturated rings. The van der Waals surface area contributed by atoms with Crippen molar-refractivity contribution in [1.29, 1.82) is 5.26 Å². The number of aromatic nitrogens is 1. The first-order valence-corrected chi connectivity index (χ1v) is 9.95. The minimum Gasteiger partial charge on any atom is -0.427 e. The van der Waals surface area contributed by atoms with Crippen LogP contribution in [0.5, 0.6) is 5.75 Å². The summed E-state index contributed by atoms with van der Waals surface area (Å²) in [6.07, 6.45) is -2.88. The number of nitrogens with one attached hydrogen (secondary N) is 1. The van der Waals surface area contributed by atoms with Gasteiger partial charge in [0.2, 0.25) is 0 Å². The van der Waals surface area contributed by atoms with Gasteiger partial charge in [0, 0.05) is 17.1 Å². The van der Waals surface area contributed by atoms with Crippen LogP contribution >= 0.6 is 22.9 Å². The van der Waals surface area contributed by atoms with Crippen molar-refractivity contribution in [2.45, 2.75) is 18.7 Å². The third kappa shape index (κ3) is 5.12. The molecule has 1 aromatic heterocycles. The monoisotopic (exact) mass is 449 g/mol. The summed E-state index contributed by atoms with van der Waals surface area (Å²) in [5.41, 5.74) is 0.0481. The zero-order valence-electron chi connectivity index (χ0n) is 15.6. The Morgan fingerprint density at radius 3 is 2.63 bits per heavy atom. The molecule has 0 saturated heterocycles. The number of aryl methyl sites for hydroxylation is 1. The number of alkyl halides is 4. The molecule has 4 nitrogen and oxygen atoms in total. The van der Waals surface area contributed by atoms with Crippen molar-refractivity contribution in [3.8, 4) is 23.1 Å². The number of benzene rings is 2. The lowest BCUT2D eigenvalue weighted by molar-refractivity contribution is -0.198. The van der Waals surface area contributed by atoms with Gasteiger partial charge in [0.25, 0.3) is 5.63 Å². The van der Waals surface area contributed by atoms with E-state index in [2.05, 4.69) is 15.0 Å². The SMILES string of the molecule is Cc1ccc(-c2csc(/C(C#N)=C/Nc3ccccc3OC(F)(F)[C@@H](F)Cl)n2)cc1. The van der Waals surface area contributed by atoms with Crippen LogP contribution in [0.2, 0.25) is 0 Å². The van der Waals surface area contributed by atoms with Gasteiger partial charge in [-0.25, -0.2) is 9.37 Å². The van der Waals surface area contributed by atoms with Gasteiger partial charge in [-0.1, -0.05) is 53.6 Å². The van der Waals surface area contributed by atoms with Gasteiger partial charge < -0.3 is 10.1 Å². The first kappa shape index (κ1) is 21.7. The molecule has 0 bridgehead atoms. The van der Waals surface area contributed by atoms with E-state index >= 15 is 0 Å². The highest BCUT2D eigenvalue weighted by Gasteiger charge is 2.42. The number of anilines is 1. The summed E-state index contributed by atoms with van der Waals surface area (Å²) in [6, 6.07) is 15.5. The minimum atomic E-state index is -4.21. The molecular formula is C21H15ClF3N3OS. The molecule has 154 valence electrons. The number of rotatable bonds is 7. The van der Waals surface area contributed by atoms with Gasteiger partial charge in [0.05, 0.1) is 11.4 Å². The summed E-state index contributed by atoms with van der Waals surface area (Å²) in [7, 11) is 0. The largest absolute Gasteiger partial charge is 0.444 e. The summed E-state index contributed by atoms with van der Waals surface area (Å²) < 4.78 is 44.3. The lowest BCUT2D eigenvalue weighted by Gasteiger charge is -2.19. The maximum absolute atomic E-state index is 13.5. The maximum atomic E-state index is 13.5. The highest BCUT2D eigenvalue weighted by Crippen LogP contribution is 2.34. The van der Waals surface area contributed by atoms with Gasteiger partial charge in [-0.3, -0.25) is 0 Å². The van der Waals surface area contributed by atoms with Crippen molar-refractivity contribution in [3.05, 3.63) is 70.7 Å². The molecule has 0 aliphatic carbocycles. The summed E-state index contributed by atoms with van der Waals surface area (Å²) >= 11 is 6.11. The lowest BCUT2D eigenvalue weighted by Crippen LogP contribution is -2.33. The molecule has 0 aliphatic heterocycles. The van der Waals surface area contributed by atoms with E-state index in [1.807, 2.05) is 42.6 Å². The Morgan fingerprint density at radius 1 is 1.27 bits per heavy atom. The van der Waals surface area contributed by atoms with E-state index in [1.54, 1.807) is 6.07 Å². The van der Waals surface area contributed by atoms with Crippen LogP contribution in [0, 0.1) is 18.3 Å². The molecule has 30 heavy (non-hydrogen) atoms. The Labute approximate surface area is 180 Å². The molecular weight excluding hydrogens is 435 g/mol. The topological polar surface area (TPSA) is 57.9 Å². The second-order valence-electron chi connectivity index (χ2n) is 6.18. The number of nitriles is 1. The molecule has 0 amide bonds.